The van der Waals surface area contributed by atoms with E-state index in [9.17, 15) is 9.59 Å². The zero-order chi connectivity index (χ0) is 14.0. The van der Waals surface area contributed by atoms with E-state index in [0.29, 0.717) is 16.5 Å². The molecule has 1 unspecified atom stereocenters. The van der Waals surface area contributed by atoms with E-state index in [0.717, 1.165) is 5.39 Å². The van der Waals surface area contributed by atoms with Crippen molar-refractivity contribution < 1.29 is 79.0 Å². The fourth-order valence-corrected chi connectivity index (χ4v) is 1.80. The molecule has 8 heteroatoms. The number of ether oxygens (including phenoxy) is 1. The summed E-state index contributed by atoms with van der Waals surface area (Å²) < 4.78 is 28.7. The molecule has 2 aromatic carbocycles. The average molecular weight is 317 g/mol. The van der Waals surface area contributed by atoms with Crippen molar-refractivity contribution in [1.29, 1.82) is 0 Å². The van der Waals surface area contributed by atoms with Crippen LogP contribution in [-0.2, 0) is 16.1 Å². The maximum absolute atomic E-state index is 11.4. The minimum Gasteiger partial charge on any atom is -0.750 e. The number of benzene rings is 2. The van der Waals surface area contributed by atoms with Crippen LogP contribution in [0.3, 0.4) is 0 Å². The third kappa shape index (κ3) is 3.80. The van der Waals surface area contributed by atoms with Crippen LogP contribution in [-0.4, -0.2) is 25.3 Å². The zero-order valence-corrected chi connectivity index (χ0v) is 14.2. The van der Waals surface area contributed by atoms with Gasteiger partial charge in [-0.1, -0.05) is 11.5 Å². The van der Waals surface area contributed by atoms with E-state index in [1.807, 2.05) is 6.07 Å². The van der Waals surface area contributed by atoms with Crippen molar-refractivity contribution in [3.8, 4) is 0 Å². The van der Waals surface area contributed by atoms with Crippen molar-refractivity contribution >= 4 is 34.1 Å². The third-order valence-electron chi connectivity index (χ3n) is 2.45. The van der Waals surface area contributed by atoms with Crippen molar-refractivity contribution in [1.82, 2.24) is 0 Å². The summed E-state index contributed by atoms with van der Waals surface area (Å²) in [6.07, 6.45) is 0. The Labute approximate surface area is 159 Å². The fraction of sp³-hybridized carbons (Fsp3) is 0. The van der Waals surface area contributed by atoms with Crippen molar-refractivity contribution in [3.05, 3.63) is 47.5 Å². The summed E-state index contributed by atoms with van der Waals surface area (Å²) in [5.74, 6) is -1.17. The Morgan fingerprint density at radius 3 is 2.30 bits per heavy atom. The molecule has 1 aliphatic rings. The Morgan fingerprint density at radius 1 is 1.15 bits per heavy atom. The van der Waals surface area contributed by atoms with Gasteiger partial charge in [-0.3, -0.25) is 0 Å². The van der Waals surface area contributed by atoms with Crippen LogP contribution in [0, 0.1) is 6.07 Å². The summed E-state index contributed by atoms with van der Waals surface area (Å²) in [5.41, 5.74) is 0.859. The zero-order valence-electron chi connectivity index (χ0n) is 10.3. The van der Waals surface area contributed by atoms with Crippen LogP contribution in [0.25, 0.3) is 10.8 Å². The summed E-state index contributed by atoms with van der Waals surface area (Å²) in [7, 11) is 0. The van der Waals surface area contributed by atoms with Crippen LogP contribution in [0.15, 0.2) is 30.3 Å². The van der Waals surface area contributed by atoms with Crippen molar-refractivity contribution in [2.24, 2.45) is 0 Å². The minimum absolute atomic E-state index is 0. The quantitative estimate of drug-likeness (QED) is 0.204. The first-order valence-electron chi connectivity index (χ1n) is 4.99. The number of esters is 2. The first-order chi connectivity index (χ1) is 9.00. The van der Waals surface area contributed by atoms with Gasteiger partial charge in [0.1, 0.15) is 0 Å². The van der Waals surface area contributed by atoms with Crippen LogP contribution in [0.4, 0.5) is 0 Å². The molecule has 3 rings (SSSR count). The van der Waals surface area contributed by atoms with Gasteiger partial charge in [0.25, 0.3) is 0 Å². The molecular formula is C12H6KO6S-. The van der Waals surface area contributed by atoms with Gasteiger partial charge in [-0.25, -0.2) is 13.8 Å². The monoisotopic (exact) mass is 317 g/mol. The van der Waals surface area contributed by atoms with Crippen molar-refractivity contribution in [2.45, 2.75) is 0 Å². The standard InChI is InChI=1S/C12H5O3.K.H2O3S/c13-11-8-5-1-3-7-4-2-6-9(10(7)8)12(14)15-11;;1-4(2)3/h1-3,5-6H;;(H2,1,2,3)/q-1;+1;/p-1. The Bertz CT molecular complexity index is 647. The summed E-state index contributed by atoms with van der Waals surface area (Å²) in [6.45, 7) is 0. The van der Waals surface area contributed by atoms with E-state index in [1.165, 1.54) is 0 Å². The Balaban J connectivity index is 0.000000359. The SMILES string of the molecule is O=C1OC(=O)c2cccc3[c-]ccc1c23.O=S([O-])O.[K+]. The van der Waals surface area contributed by atoms with Gasteiger partial charge in [0.15, 0.2) is 0 Å². The van der Waals surface area contributed by atoms with Crippen molar-refractivity contribution in [2.75, 3.05) is 0 Å². The number of hydrogen-bond donors (Lipinski definition) is 1. The van der Waals surface area contributed by atoms with Gasteiger partial charge < -0.3 is 13.8 Å². The molecule has 0 spiro atoms. The summed E-state index contributed by atoms with van der Waals surface area (Å²) in [6, 6.07) is 11.5. The van der Waals surface area contributed by atoms with E-state index in [-0.39, 0.29) is 51.4 Å². The molecular weight excluding hydrogens is 311 g/mol. The molecule has 1 atom stereocenters. The van der Waals surface area contributed by atoms with Gasteiger partial charge in [0.05, 0.1) is 11.4 Å². The van der Waals surface area contributed by atoms with Gasteiger partial charge >= 0.3 is 63.3 Å². The third-order valence-corrected chi connectivity index (χ3v) is 2.45. The molecule has 1 heterocycles. The van der Waals surface area contributed by atoms with Gasteiger partial charge in [0.2, 0.25) is 0 Å². The van der Waals surface area contributed by atoms with Crippen molar-refractivity contribution in [3.63, 3.8) is 0 Å². The maximum atomic E-state index is 11.4. The molecule has 0 saturated carbocycles. The van der Waals surface area contributed by atoms with Gasteiger partial charge in [0, 0.05) is 5.56 Å². The second-order valence-corrected chi connectivity index (χ2v) is 3.95. The number of hydrogen-bond acceptors (Lipinski definition) is 5. The summed E-state index contributed by atoms with van der Waals surface area (Å²) in [4.78, 5) is 22.9. The van der Waals surface area contributed by atoms with Crippen LogP contribution in [0.2, 0.25) is 0 Å². The molecule has 1 N–H and O–H groups in total. The van der Waals surface area contributed by atoms with E-state index in [1.54, 1.807) is 24.3 Å². The fourth-order valence-electron chi connectivity index (χ4n) is 1.80. The molecule has 20 heavy (non-hydrogen) atoms. The molecule has 6 nitrogen and oxygen atoms in total. The molecule has 0 amide bonds. The van der Waals surface area contributed by atoms with Crippen LogP contribution >= 0.6 is 0 Å². The minimum atomic E-state index is -2.86. The normalized spacial score (nSPS) is 13.7. The van der Waals surface area contributed by atoms with Crippen LogP contribution < -0.4 is 51.4 Å². The van der Waals surface area contributed by atoms with Crippen LogP contribution in [0.1, 0.15) is 20.7 Å². The predicted molar refractivity (Wildman–Crippen MR) is 64.1 cm³/mol. The molecule has 0 fully saturated rings. The molecule has 0 bridgehead atoms. The van der Waals surface area contributed by atoms with Crippen LogP contribution in [0.5, 0.6) is 0 Å². The first-order valence-corrected chi connectivity index (χ1v) is 6.02. The Kier molecular flexibility index (Phi) is 6.62. The summed E-state index contributed by atoms with van der Waals surface area (Å²) >= 11 is -2.86. The van der Waals surface area contributed by atoms with E-state index in [4.69, 9.17) is 13.3 Å². The van der Waals surface area contributed by atoms with Gasteiger partial charge in [-0.2, -0.15) is 0 Å². The Hall–Kier alpha value is -0.454. The maximum Gasteiger partial charge on any atom is 1.00 e. The van der Waals surface area contributed by atoms with Gasteiger partial charge in [-0.15, -0.1) is 35.7 Å². The Morgan fingerprint density at radius 2 is 1.70 bits per heavy atom. The molecule has 0 aromatic heterocycles. The average Bonchev–Trinajstić information content (AvgIpc) is 2.35. The van der Waals surface area contributed by atoms with E-state index >= 15 is 0 Å². The topological polar surface area (TPSA) is 104 Å². The molecule has 98 valence electrons. The summed E-state index contributed by atoms with van der Waals surface area (Å²) in [5, 5.41) is 1.40. The predicted octanol–water partition coefficient (Wildman–Crippen LogP) is -1.71. The molecule has 0 radical (unpaired) electrons. The molecule has 0 aliphatic carbocycles. The number of carbonyl (C=O) groups is 2. The van der Waals surface area contributed by atoms with E-state index in [2.05, 4.69) is 10.8 Å². The molecule has 1 aliphatic heterocycles. The molecule has 2 aromatic rings. The number of rotatable bonds is 0. The largest absolute Gasteiger partial charge is 1.00 e. The first kappa shape index (κ1) is 17.6. The second-order valence-electron chi connectivity index (χ2n) is 3.51. The van der Waals surface area contributed by atoms with E-state index < -0.39 is 23.3 Å². The number of cyclic esters (lactones) is 2. The smallest absolute Gasteiger partial charge is 0.750 e. The number of carbonyl (C=O) groups excluding carboxylic acids is 2. The molecule has 0 saturated heterocycles. The second kappa shape index (κ2) is 7.52. The van der Waals surface area contributed by atoms with Gasteiger partial charge in [-0.05, 0) is 5.56 Å².